The summed E-state index contributed by atoms with van der Waals surface area (Å²) in [4.78, 5) is 2.67. The van der Waals surface area contributed by atoms with Gasteiger partial charge in [-0.1, -0.05) is 24.3 Å². The van der Waals surface area contributed by atoms with Crippen LogP contribution >= 0.6 is 0 Å². The maximum absolute atomic E-state index is 5.76. The normalized spacial score (nSPS) is 40.5. The predicted molar refractivity (Wildman–Crippen MR) is 90.1 cm³/mol. The van der Waals surface area contributed by atoms with E-state index in [1.54, 1.807) is 5.57 Å². The Balaban J connectivity index is 1.65. The van der Waals surface area contributed by atoms with Crippen LogP contribution < -0.4 is 16.6 Å². The summed E-state index contributed by atoms with van der Waals surface area (Å²) in [6, 6.07) is 1.63. The van der Waals surface area contributed by atoms with Crippen molar-refractivity contribution in [2.45, 2.75) is 44.3 Å². The molecule has 0 radical (unpaired) electrons. The fourth-order valence-corrected chi connectivity index (χ4v) is 4.67. The zero-order valence-corrected chi connectivity index (χ0v) is 13.5. The number of rotatable bonds is 3. The number of likely N-dealkylation sites (tertiary alicyclic amines) is 1. The first-order valence-electron chi connectivity index (χ1n) is 8.82. The maximum atomic E-state index is 5.76. The van der Waals surface area contributed by atoms with Gasteiger partial charge in [0.15, 0.2) is 0 Å². The van der Waals surface area contributed by atoms with E-state index in [4.69, 9.17) is 5.73 Å². The van der Waals surface area contributed by atoms with Crippen molar-refractivity contribution < 1.29 is 0 Å². The Morgan fingerprint density at radius 2 is 2.23 bits per heavy atom. The standard InChI is InChI=1S/C18H28N4/c1-12-16-11-22(8-4-7-19)17-10-14-6-3-2-5-13(14)9-15(17)18(16)21-20-12/h3,6,9-10,12,15-18,20-21H,2,4-5,7-8,11,19H2,1H3. The molecule has 0 spiro atoms. The summed E-state index contributed by atoms with van der Waals surface area (Å²) < 4.78 is 0. The van der Waals surface area contributed by atoms with Crippen LogP contribution in [0.4, 0.5) is 0 Å². The number of nitrogens with two attached hydrogens (primary N) is 1. The first-order valence-corrected chi connectivity index (χ1v) is 8.82. The molecule has 4 N–H and O–H groups in total. The molecule has 2 saturated heterocycles. The fraction of sp³-hybridized carbons (Fsp3) is 0.667. The first-order chi connectivity index (χ1) is 10.8. The predicted octanol–water partition coefficient (Wildman–Crippen LogP) is 1.33. The van der Waals surface area contributed by atoms with Gasteiger partial charge in [-0.05, 0) is 50.4 Å². The lowest BCUT2D eigenvalue weighted by Crippen LogP contribution is -2.58. The number of hydrogen-bond acceptors (Lipinski definition) is 4. The molecule has 0 bridgehead atoms. The van der Waals surface area contributed by atoms with Crippen LogP contribution in [0.2, 0.25) is 0 Å². The van der Waals surface area contributed by atoms with E-state index >= 15 is 0 Å². The highest BCUT2D eigenvalue weighted by Crippen LogP contribution is 2.40. The largest absolute Gasteiger partial charge is 0.330 e. The molecule has 0 aromatic heterocycles. The van der Waals surface area contributed by atoms with Crippen LogP contribution in [-0.2, 0) is 0 Å². The highest BCUT2D eigenvalue weighted by atomic mass is 15.4. The average Bonchev–Trinajstić information content (AvgIpc) is 2.92. The Bertz CT molecular complexity index is 521. The number of allylic oxidation sites excluding steroid dienone is 4. The first kappa shape index (κ1) is 14.6. The molecule has 4 nitrogen and oxygen atoms in total. The van der Waals surface area contributed by atoms with Gasteiger partial charge in [0, 0.05) is 36.5 Å². The third kappa shape index (κ3) is 2.38. The third-order valence-electron chi connectivity index (χ3n) is 5.90. The van der Waals surface area contributed by atoms with E-state index in [1.807, 2.05) is 0 Å². The van der Waals surface area contributed by atoms with Gasteiger partial charge >= 0.3 is 0 Å². The van der Waals surface area contributed by atoms with Crippen LogP contribution in [0.15, 0.2) is 35.5 Å². The van der Waals surface area contributed by atoms with E-state index in [1.165, 1.54) is 25.0 Å². The topological polar surface area (TPSA) is 53.3 Å². The minimum atomic E-state index is 0.522. The molecule has 2 fully saturated rings. The van der Waals surface area contributed by atoms with E-state index in [0.29, 0.717) is 30.0 Å². The second-order valence-electron chi connectivity index (χ2n) is 7.23. The van der Waals surface area contributed by atoms with E-state index in [9.17, 15) is 0 Å². The minimum absolute atomic E-state index is 0.522. The Hall–Kier alpha value is -0.940. The molecule has 4 heteroatoms. The van der Waals surface area contributed by atoms with Crippen LogP contribution in [0.3, 0.4) is 0 Å². The van der Waals surface area contributed by atoms with Gasteiger partial charge in [0.05, 0.1) is 0 Å². The summed E-state index contributed by atoms with van der Waals surface area (Å²) in [5, 5.41) is 0. The molecule has 22 heavy (non-hydrogen) atoms. The molecule has 4 aliphatic rings. The average molecular weight is 300 g/mol. The van der Waals surface area contributed by atoms with Crippen LogP contribution in [0.5, 0.6) is 0 Å². The second-order valence-corrected chi connectivity index (χ2v) is 7.23. The van der Waals surface area contributed by atoms with Crippen LogP contribution in [0, 0.1) is 11.8 Å². The summed E-state index contributed by atoms with van der Waals surface area (Å²) in [5.41, 5.74) is 15.8. The maximum Gasteiger partial charge on any atom is 0.0365 e. The molecule has 120 valence electrons. The van der Waals surface area contributed by atoms with Crippen molar-refractivity contribution in [1.82, 2.24) is 15.8 Å². The zero-order valence-electron chi connectivity index (χ0n) is 13.5. The summed E-state index contributed by atoms with van der Waals surface area (Å²) in [6.45, 7) is 5.37. The lowest BCUT2D eigenvalue weighted by atomic mass is 9.72. The van der Waals surface area contributed by atoms with Gasteiger partial charge in [-0.15, -0.1) is 0 Å². The molecule has 4 rings (SSSR count). The van der Waals surface area contributed by atoms with Crippen molar-refractivity contribution in [1.29, 1.82) is 0 Å². The highest BCUT2D eigenvalue weighted by molar-refractivity contribution is 5.47. The van der Waals surface area contributed by atoms with E-state index in [-0.39, 0.29) is 0 Å². The quantitative estimate of drug-likeness (QED) is 0.736. The number of hydrazine groups is 1. The van der Waals surface area contributed by atoms with E-state index < -0.39 is 0 Å². The number of fused-ring (bicyclic) bond motifs is 4. The van der Waals surface area contributed by atoms with E-state index in [0.717, 1.165) is 19.5 Å². The molecular formula is C18H28N4. The Kier molecular flexibility index (Phi) is 3.95. The van der Waals surface area contributed by atoms with E-state index in [2.05, 4.69) is 47.0 Å². The van der Waals surface area contributed by atoms with Crippen LogP contribution in [0.25, 0.3) is 0 Å². The van der Waals surface area contributed by atoms with Gasteiger partial charge in [-0.25, -0.2) is 0 Å². The van der Waals surface area contributed by atoms with Gasteiger partial charge in [0.25, 0.3) is 0 Å². The molecule has 0 aromatic carbocycles. The fourth-order valence-electron chi connectivity index (χ4n) is 4.67. The van der Waals surface area contributed by atoms with Crippen LogP contribution in [-0.4, -0.2) is 42.7 Å². The summed E-state index contributed by atoms with van der Waals surface area (Å²) in [6.07, 6.45) is 13.2. The number of hydrogen-bond donors (Lipinski definition) is 3. The lowest BCUT2D eigenvalue weighted by Gasteiger charge is -2.47. The molecule has 5 atom stereocenters. The molecule has 2 heterocycles. The number of nitrogens with one attached hydrogen (secondary N) is 2. The molecular weight excluding hydrogens is 272 g/mol. The summed E-state index contributed by atoms with van der Waals surface area (Å²) >= 11 is 0. The van der Waals surface area contributed by atoms with Crippen molar-refractivity contribution in [3.8, 4) is 0 Å². The van der Waals surface area contributed by atoms with Gasteiger partial charge < -0.3 is 5.73 Å². The highest BCUT2D eigenvalue weighted by Gasteiger charge is 2.47. The number of piperidine rings is 1. The third-order valence-corrected chi connectivity index (χ3v) is 5.90. The van der Waals surface area contributed by atoms with Crippen molar-refractivity contribution in [3.05, 3.63) is 35.5 Å². The SMILES string of the molecule is CC1NNC2C3C=C4CCC=CC4=CC3N(CCCN)CC12. The zero-order chi connectivity index (χ0) is 15.1. The summed E-state index contributed by atoms with van der Waals surface area (Å²) in [5.74, 6) is 1.27. The van der Waals surface area contributed by atoms with Crippen molar-refractivity contribution in [2.75, 3.05) is 19.6 Å². The lowest BCUT2D eigenvalue weighted by molar-refractivity contribution is 0.0818. The Morgan fingerprint density at radius 3 is 3.09 bits per heavy atom. The van der Waals surface area contributed by atoms with Crippen LogP contribution in [0.1, 0.15) is 26.2 Å². The van der Waals surface area contributed by atoms with Gasteiger partial charge in [-0.2, -0.15) is 0 Å². The number of nitrogens with zero attached hydrogens (tertiary/aromatic N) is 1. The van der Waals surface area contributed by atoms with Crippen molar-refractivity contribution in [3.63, 3.8) is 0 Å². The molecule has 0 saturated carbocycles. The summed E-state index contributed by atoms with van der Waals surface area (Å²) in [7, 11) is 0. The molecule has 2 aliphatic heterocycles. The monoisotopic (exact) mass is 300 g/mol. The van der Waals surface area contributed by atoms with Crippen molar-refractivity contribution in [2.24, 2.45) is 17.6 Å². The van der Waals surface area contributed by atoms with Gasteiger partial charge in [0.1, 0.15) is 0 Å². The Labute approximate surface area is 133 Å². The second kappa shape index (κ2) is 5.93. The van der Waals surface area contributed by atoms with Gasteiger partial charge in [-0.3, -0.25) is 15.8 Å². The molecule has 2 aliphatic carbocycles. The molecule has 0 aromatic rings. The smallest absolute Gasteiger partial charge is 0.0365 e. The van der Waals surface area contributed by atoms with Crippen molar-refractivity contribution >= 4 is 0 Å². The Morgan fingerprint density at radius 1 is 1.32 bits per heavy atom. The minimum Gasteiger partial charge on any atom is -0.330 e. The molecule has 0 amide bonds. The van der Waals surface area contributed by atoms with Gasteiger partial charge in [0.2, 0.25) is 0 Å². The molecule has 5 unspecified atom stereocenters.